The maximum atomic E-state index is 11.2. The molecule has 0 saturated carbocycles. The van der Waals surface area contributed by atoms with Gasteiger partial charge in [0.1, 0.15) is 5.82 Å². The molecular formula is C10H11ClN2O2S. The van der Waals surface area contributed by atoms with Gasteiger partial charge in [-0.2, -0.15) is 0 Å². The van der Waals surface area contributed by atoms with Crippen LogP contribution in [0.4, 0.5) is 0 Å². The van der Waals surface area contributed by atoms with E-state index in [-0.39, 0.29) is 4.90 Å². The molecule has 0 aliphatic carbocycles. The molecule has 0 spiro atoms. The molecular weight excluding hydrogens is 248 g/mol. The number of hydrogen-bond acceptors (Lipinski definition) is 3. The molecule has 2 rings (SSSR count). The van der Waals surface area contributed by atoms with Crippen LogP contribution < -0.4 is 0 Å². The van der Waals surface area contributed by atoms with Crippen molar-refractivity contribution in [3.05, 3.63) is 24.0 Å². The average molecular weight is 259 g/mol. The molecule has 0 saturated heterocycles. The van der Waals surface area contributed by atoms with Crippen LogP contribution in [0.15, 0.2) is 23.1 Å². The molecule has 6 heteroatoms. The lowest BCUT2D eigenvalue weighted by molar-refractivity contribution is 0.609. The van der Waals surface area contributed by atoms with Gasteiger partial charge in [-0.3, -0.25) is 0 Å². The van der Waals surface area contributed by atoms with E-state index in [1.54, 1.807) is 6.07 Å². The van der Waals surface area contributed by atoms with Gasteiger partial charge >= 0.3 is 0 Å². The summed E-state index contributed by atoms with van der Waals surface area (Å²) in [7, 11) is 3.50. The lowest BCUT2D eigenvalue weighted by Crippen LogP contribution is -1.94. The first-order valence-electron chi connectivity index (χ1n) is 4.83. The Morgan fingerprint density at radius 1 is 1.44 bits per heavy atom. The fourth-order valence-electron chi connectivity index (χ4n) is 1.70. The van der Waals surface area contributed by atoms with E-state index in [4.69, 9.17) is 10.7 Å². The Hall–Kier alpha value is -1.07. The maximum Gasteiger partial charge on any atom is 0.261 e. The third-order valence-corrected chi connectivity index (χ3v) is 3.89. The molecule has 86 valence electrons. The van der Waals surface area contributed by atoms with Gasteiger partial charge in [-0.15, -0.1) is 0 Å². The first-order chi connectivity index (χ1) is 7.43. The molecule has 4 nitrogen and oxygen atoms in total. The van der Waals surface area contributed by atoms with Crippen molar-refractivity contribution in [2.45, 2.75) is 18.2 Å². The number of halogens is 1. The number of nitrogens with zero attached hydrogens (tertiary/aromatic N) is 2. The zero-order valence-corrected chi connectivity index (χ0v) is 10.5. The van der Waals surface area contributed by atoms with Gasteiger partial charge in [-0.25, -0.2) is 13.4 Å². The summed E-state index contributed by atoms with van der Waals surface area (Å²) in [5.41, 5.74) is 1.56. The van der Waals surface area contributed by atoms with Gasteiger partial charge in [0.15, 0.2) is 0 Å². The van der Waals surface area contributed by atoms with Crippen molar-refractivity contribution in [1.82, 2.24) is 9.55 Å². The van der Waals surface area contributed by atoms with Gasteiger partial charge in [0, 0.05) is 24.2 Å². The molecule has 0 fully saturated rings. The molecule has 0 atom stereocenters. The predicted molar refractivity (Wildman–Crippen MR) is 63.1 cm³/mol. The van der Waals surface area contributed by atoms with E-state index in [9.17, 15) is 8.42 Å². The Morgan fingerprint density at radius 3 is 2.69 bits per heavy atom. The van der Waals surface area contributed by atoms with E-state index in [2.05, 4.69) is 4.98 Å². The van der Waals surface area contributed by atoms with Crippen LogP contribution in [0.5, 0.6) is 0 Å². The lowest BCUT2D eigenvalue weighted by atomic mass is 10.3. The minimum atomic E-state index is -3.68. The highest BCUT2D eigenvalue weighted by Gasteiger charge is 2.13. The van der Waals surface area contributed by atoms with Gasteiger partial charge in [0.2, 0.25) is 0 Å². The largest absolute Gasteiger partial charge is 0.331 e. The van der Waals surface area contributed by atoms with Crippen molar-refractivity contribution in [3.63, 3.8) is 0 Å². The van der Waals surface area contributed by atoms with E-state index < -0.39 is 9.05 Å². The standard InChI is InChI=1S/C10H11ClN2O2S/c1-3-10-12-8-6-7(16(11,14)15)4-5-9(8)13(10)2/h4-6H,3H2,1-2H3. The quantitative estimate of drug-likeness (QED) is 0.775. The number of imidazole rings is 1. The summed E-state index contributed by atoms with van der Waals surface area (Å²) >= 11 is 0. The highest BCUT2D eigenvalue weighted by Crippen LogP contribution is 2.22. The van der Waals surface area contributed by atoms with E-state index in [0.717, 1.165) is 17.8 Å². The minimum Gasteiger partial charge on any atom is -0.331 e. The summed E-state index contributed by atoms with van der Waals surface area (Å²) in [5.74, 6) is 0.916. The SMILES string of the molecule is CCc1nc2cc(S(=O)(=O)Cl)ccc2n1C. The highest BCUT2D eigenvalue weighted by molar-refractivity contribution is 8.13. The van der Waals surface area contributed by atoms with Gasteiger partial charge in [0.05, 0.1) is 15.9 Å². The maximum absolute atomic E-state index is 11.2. The van der Waals surface area contributed by atoms with Crippen LogP contribution in [-0.4, -0.2) is 18.0 Å². The van der Waals surface area contributed by atoms with Crippen LogP contribution >= 0.6 is 10.7 Å². The molecule has 0 amide bonds. The second-order valence-electron chi connectivity index (χ2n) is 3.53. The molecule has 1 aromatic heterocycles. The van der Waals surface area contributed by atoms with Crippen LogP contribution in [-0.2, 0) is 22.5 Å². The summed E-state index contributed by atoms with van der Waals surface area (Å²) < 4.78 is 24.3. The lowest BCUT2D eigenvalue weighted by Gasteiger charge is -1.98. The van der Waals surface area contributed by atoms with Crippen molar-refractivity contribution in [2.75, 3.05) is 0 Å². The Morgan fingerprint density at radius 2 is 2.12 bits per heavy atom. The molecule has 2 aromatic rings. The first-order valence-corrected chi connectivity index (χ1v) is 7.14. The average Bonchev–Trinajstić information content (AvgIpc) is 2.54. The van der Waals surface area contributed by atoms with Crippen LogP contribution in [0.2, 0.25) is 0 Å². The minimum absolute atomic E-state index is 0.0856. The van der Waals surface area contributed by atoms with Gasteiger partial charge in [-0.1, -0.05) is 6.92 Å². The van der Waals surface area contributed by atoms with Crippen molar-refractivity contribution in [2.24, 2.45) is 7.05 Å². The zero-order valence-electron chi connectivity index (χ0n) is 8.94. The van der Waals surface area contributed by atoms with Crippen molar-refractivity contribution in [1.29, 1.82) is 0 Å². The fourth-order valence-corrected chi connectivity index (χ4v) is 2.47. The molecule has 0 unspecified atom stereocenters. The summed E-state index contributed by atoms with van der Waals surface area (Å²) in [6, 6.07) is 4.71. The number of aryl methyl sites for hydroxylation is 2. The van der Waals surface area contributed by atoms with Crippen molar-refractivity contribution >= 4 is 30.8 Å². The normalized spacial score (nSPS) is 12.2. The Labute approximate surface area is 98.3 Å². The number of rotatable bonds is 2. The first kappa shape index (κ1) is 11.4. The molecule has 0 aliphatic heterocycles. The molecule has 0 radical (unpaired) electrons. The monoisotopic (exact) mass is 258 g/mol. The molecule has 16 heavy (non-hydrogen) atoms. The molecule has 1 aromatic carbocycles. The van der Waals surface area contributed by atoms with Crippen LogP contribution in [0.1, 0.15) is 12.7 Å². The number of hydrogen-bond donors (Lipinski definition) is 0. The van der Waals surface area contributed by atoms with Crippen molar-refractivity contribution < 1.29 is 8.42 Å². The smallest absolute Gasteiger partial charge is 0.261 e. The second kappa shape index (κ2) is 3.75. The third kappa shape index (κ3) is 1.81. The van der Waals surface area contributed by atoms with E-state index in [1.165, 1.54) is 12.1 Å². The molecule has 0 aliphatic rings. The van der Waals surface area contributed by atoms with Gasteiger partial charge in [0.25, 0.3) is 9.05 Å². The molecule has 0 bridgehead atoms. The summed E-state index contributed by atoms with van der Waals surface area (Å²) in [6.45, 7) is 2.00. The van der Waals surface area contributed by atoms with Crippen LogP contribution in [0.25, 0.3) is 11.0 Å². The van der Waals surface area contributed by atoms with E-state index in [1.807, 2.05) is 18.5 Å². The third-order valence-electron chi connectivity index (χ3n) is 2.54. The summed E-state index contributed by atoms with van der Waals surface area (Å²) in [5, 5.41) is 0. The number of fused-ring (bicyclic) bond motifs is 1. The summed E-state index contributed by atoms with van der Waals surface area (Å²) in [4.78, 5) is 4.43. The van der Waals surface area contributed by atoms with Crippen molar-refractivity contribution in [3.8, 4) is 0 Å². The topological polar surface area (TPSA) is 52.0 Å². The van der Waals surface area contributed by atoms with Crippen LogP contribution in [0, 0.1) is 0 Å². The molecule has 0 N–H and O–H groups in total. The van der Waals surface area contributed by atoms with Crippen LogP contribution in [0.3, 0.4) is 0 Å². The molecule has 1 heterocycles. The van der Waals surface area contributed by atoms with E-state index >= 15 is 0 Å². The predicted octanol–water partition coefficient (Wildman–Crippen LogP) is 2.06. The second-order valence-corrected chi connectivity index (χ2v) is 6.09. The number of benzene rings is 1. The summed E-state index contributed by atoms with van der Waals surface area (Å²) in [6.07, 6.45) is 0.800. The Balaban J connectivity index is 2.73. The Bertz CT molecular complexity index is 646. The van der Waals surface area contributed by atoms with E-state index in [0.29, 0.717) is 5.52 Å². The highest BCUT2D eigenvalue weighted by atomic mass is 35.7. The number of aromatic nitrogens is 2. The van der Waals surface area contributed by atoms with Gasteiger partial charge < -0.3 is 4.57 Å². The Kier molecular flexibility index (Phi) is 2.67. The fraction of sp³-hybridized carbons (Fsp3) is 0.300. The van der Waals surface area contributed by atoms with Gasteiger partial charge in [-0.05, 0) is 18.2 Å². The zero-order chi connectivity index (χ0) is 11.9.